The zero-order chi connectivity index (χ0) is 17.1. The number of amides is 1. The van der Waals surface area contributed by atoms with Gasteiger partial charge < -0.3 is 15.5 Å². The maximum atomic E-state index is 12.5. The molecule has 1 aromatic carbocycles. The lowest BCUT2D eigenvalue weighted by molar-refractivity contribution is -0.671. The topological polar surface area (TPSA) is 58.4 Å². The fraction of sp³-hybridized carbons (Fsp3) is 0.444. The van der Waals surface area contributed by atoms with Crippen LogP contribution in [0.15, 0.2) is 36.9 Å². The van der Waals surface area contributed by atoms with Gasteiger partial charge >= 0.3 is 0 Å². The monoisotopic (exact) mass is 328 g/mol. The molecule has 0 atom stereocenters. The summed E-state index contributed by atoms with van der Waals surface area (Å²) in [6.07, 6.45) is 6.79. The molecule has 3 rings (SSSR count). The Morgan fingerprint density at radius 2 is 2.08 bits per heavy atom. The molecule has 2 aromatic rings. The summed E-state index contributed by atoms with van der Waals surface area (Å²) in [6.45, 7) is 5.83. The highest BCUT2D eigenvalue weighted by Gasteiger charge is 2.21. The molecule has 0 unspecified atom stereocenters. The van der Waals surface area contributed by atoms with Crippen molar-refractivity contribution >= 4 is 17.3 Å². The van der Waals surface area contributed by atoms with Crippen LogP contribution in [-0.4, -0.2) is 41.6 Å². The Hall–Kier alpha value is -2.50. The van der Waals surface area contributed by atoms with E-state index in [2.05, 4.69) is 17.0 Å². The summed E-state index contributed by atoms with van der Waals surface area (Å²) >= 11 is 0. The number of nitrogens with two attached hydrogens (primary N) is 1. The van der Waals surface area contributed by atoms with Crippen molar-refractivity contribution in [3.63, 3.8) is 0 Å². The Bertz CT molecular complexity index is 724. The number of anilines is 2. The van der Waals surface area contributed by atoms with Crippen LogP contribution < -0.4 is 15.2 Å². The van der Waals surface area contributed by atoms with Crippen LogP contribution in [-0.2, 0) is 18.4 Å². The molecule has 1 aliphatic heterocycles. The second-order valence-electron chi connectivity index (χ2n) is 6.51. The lowest BCUT2D eigenvalue weighted by atomic mass is 10.1. The molecule has 1 aromatic heterocycles. The molecule has 0 spiro atoms. The van der Waals surface area contributed by atoms with Crippen LogP contribution in [0.25, 0.3) is 0 Å². The van der Waals surface area contributed by atoms with E-state index in [1.54, 1.807) is 0 Å². The average Bonchev–Trinajstić information content (AvgIpc) is 2.82. The van der Waals surface area contributed by atoms with Gasteiger partial charge in [-0.3, -0.25) is 4.79 Å². The number of aryl methyl sites for hydroxylation is 2. The molecule has 6 heteroatoms. The van der Waals surface area contributed by atoms with Crippen LogP contribution in [0, 0.1) is 6.92 Å². The molecule has 0 saturated carbocycles. The van der Waals surface area contributed by atoms with Crippen LogP contribution in [0.2, 0.25) is 0 Å². The molecular weight excluding hydrogens is 302 g/mol. The van der Waals surface area contributed by atoms with Crippen LogP contribution in [0.1, 0.15) is 12.0 Å². The number of hydrogen-bond donors (Lipinski definition) is 1. The van der Waals surface area contributed by atoms with Gasteiger partial charge in [-0.1, -0.05) is 0 Å². The number of nitrogen functional groups attached to an aromatic ring is 1. The van der Waals surface area contributed by atoms with E-state index in [1.807, 2.05) is 52.8 Å². The van der Waals surface area contributed by atoms with Crippen molar-refractivity contribution in [3.8, 4) is 0 Å². The molecule has 6 nitrogen and oxygen atoms in total. The van der Waals surface area contributed by atoms with Crippen molar-refractivity contribution in [1.82, 2.24) is 9.47 Å². The summed E-state index contributed by atoms with van der Waals surface area (Å²) < 4.78 is 3.87. The third kappa shape index (κ3) is 3.69. The van der Waals surface area contributed by atoms with Gasteiger partial charge in [0.2, 0.25) is 6.33 Å². The van der Waals surface area contributed by atoms with Gasteiger partial charge in [0.15, 0.2) is 6.54 Å². The van der Waals surface area contributed by atoms with Crippen LogP contribution in [0.5, 0.6) is 0 Å². The summed E-state index contributed by atoms with van der Waals surface area (Å²) in [5, 5.41) is 0. The lowest BCUT2D eigenvalue weighted by Crippen LogP contribution is -2.37. The summed E-state index contributed by atoms with van der Waals surface area (Å²) in [4.78, 5) is 16.9. The van der Waals surface area contributed by atoms with Gasteiger partial charge in [0.05, 0.1) is 7.05 Å². The van der Waals surface area contributed by atoms with E-state index in [1.165, 1.54) is 5.69 Å². The maximum absolute atomic E-state index is 12.5. The summed E-state index contributed by atoms with van der Waals surface area (Å²) in [6, 6.07) is 6.16. The molecule has 128 valence electrons. The molecule has 24 heavy (non-hydrogen) atoms. The molecule has 1 aliphatic rings. The smallest absolute Gasteiger partial charge is 0.264 e. The van der Waals surface area contributed by atoms with Gasteiger partial charge in [-0.2, -0.15) is 0 Å². The number of benzene rings is 1. The predicted molar refractivity (Wildman–Crippen MR) is 94.6 cm³/mol. The van der Waals surface area contributed by atoms with Crippen molar-refractivity contribution in [2.45, 2.75) is 19.9 Å². The van der Waals surface area contributed by atoms with E-state index < -0.39 is 0 Å². The SMILES string of the molecule is Cc1cc(N2CCCN(C(=O)Cn3cc[n+](C)c3)CC2)ccc1N. The first-order valence-electron chi connectivity index (χ1n) is 8.43. The Labute approximate surface area is 143 Å². The van der Waals surface area contributed by atoms with Crippen LogP contribution in [0.3, 0.4) is 0 Å². The number of aromatic nitrogens is 2. The van der Waals surface area contributed by atoms with Crippen molar-refractivity contribution in [2.75, 3.05) is 36.8 Å². The van der Waals surface area contributed by atoms with E-state index >= 15 is 0 Å². The van der Waals surface area contributed by atoms with E-state index in [4.69, 9.17) is 5.73 Å². The minimum atomic E-state index is 0.182. The molecule has 0 bridgehead atoms. The number of hydrogen-bond acceptors (Lipinski definition) is 3. The molecule has 1 amide bonds. The molecule has 1 saturated heterocycles. The van der Waals surface area contributed by atoms with Gasteiger partial charge in [-0.25, -0.2) is 9.13 Å². The van der Waals surface area contributed by atoms with E-state index in [9.17, 15) is 4.79 Å². The molecule has 1 fully saturated rings. The minimum absolute atomic E-state index is 0.182. The zero-order valence-corrected chi connectivity index (χ0v) is 14.5. The highest BCUT2D eigenvalue weighted by Crippen LogP contribution is 2.21. The van der Waals surface area contributed by atoms with Gasteiger partial charge in [0.25, 0.3) is 5.91 Å². The number of imidazole rings is 1. The van der Waals surface area contributed by atoms with Gasteiger partial charge in [-0.15, -0.1) is 0 Å². The van der Waals surface area contributed by atoms with Crippen molar-refractivity contribution in [1.29, 1.82) is 0 Å². The highest BCUT2D eigenvalue weighted by atomic mass is 16.2. The van der Waals surface area contributed by atoms with Crippen molar-refractivity contribution in [3.05, 3.63) is 42.5 Å². The van der Waals surface area contributed by atoms with Gasteiger partial charge in [0.1, 0.15) is 12.4 Å². The number of rotatable bonds is 3. The Morgan fingerprint density at radius 3 is 2.79 bits per heavy atom. The van der Waals surface area contributed by atoms with Gasteiger partial charge in [0, 0.05) is 37.6 Å². The maximum Gasteiger partial charge on any atom is 0.264 e. The fourth-order valence-corrected chi connectivity index (χ4v) is 3.13. The third-order valence-electron chi connectivity index (χ3n) is 4.61. The molecule has 0 radical (unpaired) electrons. The Kier molecular flexibility index (Phi) is 4.74. The summed E-state index contributed by atoms with van der Waals surface area (Å²) in [5.41, 5.74) is 9.03. The minimum Gasteiger partial charge on any atom is -0.399 e. The third-order valence-corrected chi connectivity index (χ3v) is 4.61. The van der Waals surface area contributed by atoms with E-state index in [0.717, 1.165) is 43.9 Å². The number of carbonyl (C=O) groups excluding carboxylic acids is 1. The predicted octanol–water partition coefficient (Wildman–Crippen LogP) is 0.942. The molecule has 2 heterocycles. The highest BCUT2D eigenvalue weighted by molar-refractivity contribution is 5.76. The van der Waals surface area contributed by atoms with E-state index in [-0.39, 0.29) is 5.91 Å². The van der Waals surface area contributed by atoms with Crippen LogP contribution in [0.4, 0.5) is 11.4 Å². The van der Waals surface area contributed by atoms with Gasteiger partial charge in [-0.05, 0) is 37.1 Å². The first-order valence-corrected chi connectivity index (χ1v) is 8.43. The standard InChI is InChI=1S/C18H26N5O/c1-15-12-16(4-5-17(15)19)22-6-3-7-23(11-10-22)18(24)13-21-9-8-20(2)14-21/h4-5,8-9,12,14H,3,6-7,10-11,13,19H2,1-2H3/q+1. The Balaban J connectivity index is 1.62. The quantitative estimate of drug-likeness (QED) is 0.674. The summed E-state index contributed by atoms with van der Waals surface area (Å²) in [7, 11) is 1.96. The first kappa shape index (κ1) is 16.4. The molecular formula is C18H26N5O+. The Morgan fingerprint density at radius 1 is 1.25 bits per heavy atom. The van der Waals surface area contributed by atoms with Crippen LogP contribution >= 0.6 is 0 Å². The number of nitrogens with zero attached hydrogens (tertiary/aromatic N) is 4. The second-order valence-corrected chi connectivity index (χ2v) is 6.51. The van der Waals surface area contributed by atoms with Crippen molar-refractivity contribution < 1.29 is 9.36 Å². The fourth-order valence-electron chi connectivity index (χ4n) is 3.13. The van der Waals surface area contributed by atoms with Crippen molar-refractivity contribution in [2.24, 2.45) is 7.05 Å². The normalized spacial score (nSPS) is 15.4. The second kappa shape index (κ2) is 6.95. The molecule has 2 N–H and O–H groups in total. The lowest BCUT2D eigenvalue weighted by Gasteiger charge is -2.24. The zero-order valence-electron chi connectivity index (χ0n) is 14.5. The largest absolute Gasteiger partial charge is 0.399 e. The summed E-state index contributed by atoms with van der Waals surface area (Å²) in [5.74, 6) is 0.182. The average molecular weight is 328 g/mol. The molecule has 0 aliphatic carbocycles. The van der Waals surface area contributed by atoms with E-state index in [0.29, 0.717) is 6.54 Å². The number of carbonyl (C=O) groups is 1. The first-order chi connectivity index (χ1) is 11.5.